The van der Waals surface area contributed by atoms with Crippen molar-refractivity contribution in [3.8, 4) is 0 Å². The molecular weight excluding hydrogens is 237 g/mol. The lowest BCUT2D eigenvalue weighted by Crippen LogP contribution is -2.14. The van der Waals surface area contributed by atoms with Gasteiger partial charge in [0.1, 0.15) is 5.56 Å². The Balaban J connectivity index is 3.24. The van der Waals surface area contributed by atoms with Gasteiger partial charge >= 0.3 is 5.97 Å². The summed E-state index contributed by atoms with van der Waals surface area (Å²) in [6.45, 7) is 1.20. The number of carbonyl (C=O) groups is 1. The Morgan fingerprint density at radius 1 is 1.59 bits per heavy atom. The van der Waals surface area contributed by atoms with E-state index in [1.807, 2.05) is 0 Å². The van der Waals surface area contributed by atoms with E-state index in [1.165, 1.54) is 6.92 Å². The van der Waals surface area contributed by atoms with Crippen LogP contribution in [0.1, 0.15) is 35.0 Å². The molecule has 2 N–H and O–H groups in total. The number of rotatable bonds is 4. The van der Waals surface area contributed by atoms with Gasteiger partial charge in [-0.3, -0.25) is 0 Å². The molecule has 0 amide bonds. The Morgan fingerprint density at radius 2 is 2.24 bits per heavy atom. The molecule has 4 nitrogen and oxygen atoms in total. The molecule has 1 aromatic rings. The van der Waals surface area contributed by atoms with Crippen LogP contribution in [0.4, 0.5) is 13.2 Å². The van der Waals surface area contributed by atoms with Crippen LogP contribution in [-0.2, 0) is 11.3 Å². The zero-order valence-corrected chi connectivity index (χ0v) is 9.04. The summed E-state index contributed by atoms with van der Waals surface area (Å²) in [6.07, 6.45) is -2.88. The van der Waals surface area contributed by atoms with Gasteiger partial charge < -0.3 is 10.5 Å². The average molecular weight is 248 g/mol. The molecular formula is C10H11F3N2O2. The van der Waals surface area contributed by atoms with E-state index in [9.17, 15) is 18.0 Å². The zero-order valence-electron chi connectivity index (χ0n) is 9.04. The molecule has 0 spiro atoms. The fourth-order valence-corrected chi connectivity index (χ4v) is 1.25. The Bertz CT molecular complexity index is 424. The van der Waals surface area contributed by atoms with Crippen LogP contribution in [0.15, 0.2) is 6.07 Å². The van der Waals surface area contributed by atoms with Gasteiger partial charge in [-0.05, 0) is 13.0 Å². The molecule has 0 fully saturated rings. The molecule has 0 saturated carbocycles. The van der Waals surface area contributed by atoms with Gasteiger partial charge in [0.2, 0.25) is 5.95 Å². The lowest BCUT2D eigenvalue weighted by atomic mass is 10.1. The van der Waals surface area contributed by atoms with Crippen molar-refractivity contribution in [1.82, 2.24) is 4.98 Å². The number of alkyl halides is 2. The van der Waals surface area contributed by atoms with Crippen LogP contribution in [0.3, 0.4) is 0 Å². The fraction of sp³-hybridized carbons (Fsp3) is 0.400. The summed E-state index contributed by atoms with van der Waals surface area (Å²) in [5, 5.41) is 0. The Hall–Kier alpha value is -1.63. The van der Waals surface area contributed by atoms with Gasteiger partial charge in [-0.2, -0.15) is 4.39 Å². The number of hydrogen-bond acceptors (Lipinski definition) is 4. The van der Waals surface area contributed by atoms with Gasteiger partial charge in [0.25, 0.3) is 6.43 Å². The van der Waals surface area contributed by atoms with E-state index >= 15 is 0 Å². The Kier molecular flexibility index (Phi) is 4.45. The first-order chi connectivity index (χ1) is 8.01. The number of carbonyl (C=O) groups excluding carboxylic acids is 1. The molecule has 0 unspecified atom stereocenters. The largest absolute Gasteiger partial charge is 0.462 e. The van der Waals surface area contributed by atoms with Crippen molar-refractivity contribution < 1.29 is 22.7 Å². The number of nitrogens with zero attached hydrogens (tertiary/aromatic N) is 1. The second kappa shape index (κ2) is 5.62. The number of hydrogen-bond donors (Lipinski definition) is 1. The third-order valence-electron chi connectivity index (χ3n) is 2.01. The lowest BCUT2D eigenvalue weighted by molar-refractivity contribution is 0.0519. The first kappa shape index (κ1) is 13.4. The molecule has 17 heavy (non-hydrogen) atoms. The molecule has 0 radical (unpaired) electrons. The predicted molar refractivity (Wildman–Crippen MR) is 53.0 cm³/mol. The number of ether oxygens (including phenoxy) is 1. The van der Waals surface area contributed by atoms with Crippen LogP contribution in [0.5, 0.6) is 0 Å². The molecule has 0 aromatic carbocycles. The smallest absolute Gasteiger partial charge is 0.342 e. The third-order valence-corrected chi connectivity index (χ3v) is 2.01. The summed E-state index contributed by atoms with van der Waals surface area (Å²) >= 11 is 0. The standard InChI is InChI=1S/C10H11F3N2O2/c1-2-17-10(16)6-3-5(8(11)12)7(4-14)15-9(6)13/h3,8H,2,4,14H2,1H3. The minimum atomic E-state index is -2.88. The summed E-state index contributed by atoms with van der Waals surface area (Å²) in [6, 6.07) is 0.729. The van der Waals surface area contributed by atoms with E-state index in [0.717, 1.165) is 6.07 Å². The molecule has 7 heteroatoms. The van der Waals surface area contributed by atoms with Gasteiger partial charge in [0, 0.05) is 12.1 Å². The normalized spacial score (nSPS) is 10.7. The van der Waals surface area contributed by atoms with Crippen LogP contribution >= 0.6 is 0 Å². The van der Waals surface area contributed by atoms with Crippen molar-refractivity contribution >= 4 is 5.97 Å². The Morgan fingerprint density at radius 3 is 2.71 bits per heavy atom. The first-order valence-corrected chi connectivity index (χ1v) is 4.85. The van der Waals surface area contributed by atoms with Crippen LogP contribution < -0.4 is 5.73 Å². The highest BCUT2D eigenvalue weighted by atomic mass is 19.3. The van der Waals surface area contributed by atoms with Crippen molar-refractivity contribution in [2.24, 2.45) is 5.73 Å². The number of esters is 1. The summed E-state index contributed by atoms with van der Waals surface area (Å²) in [5.74, 6) is -2.18. The minimum Gasteiger partial charge on any atom is -0.462 e. The van der Waals surface area contributed by atoms with Gasteiger partial charge in [0.15, 0.2) is 0 Å². The highest BCUT2D eigenvalue weighted by Crippen LogP contribution is 2.24. The summed E-state index contributed by atoms with van der Waals surface area (Å²) in [7, 11) is 0. The summed E-state index contributed by atoms with van der Waals surface area (Å²) in [5.41, 5.74) is 3.72. The first-order valence-electron chi connectivity index (χ1n) is 4.85. The zero-order chi connectivity index (χ0) is 13.0. The molecule has 0 bridgehead atoms. The highest BCUT2D eigenvalue weighted by molar-refractivity contribution is 5.89. The minimum absolute atomic E-state index is 0.0148. The second-order valence-corrected chi connectivity index (χ2v) is 3.09. The molecule has 0 aliphatic heterocycles. The van der Waals surface area contributed by atoms with E-state index in [4.69, 9.17) is 5.73 Å². The van der Waals surface area contributed by atoms with Crippen LogP contribution in [0.25, 0.3) is 0 Å². The quantitative estimate of drug-likeness (QED) is 0.651. The monoisotopic (exact) mass is 248 g/mol. The third kappa shape index (κ3) is 2.94. The van der Waals surface area contributed by atoms with Crippen LogP contribution in [0.2, 0.25) is 0 Å². The maximum atomic E-state index is 13.3. The number of aromatic nitrogens is 1. The van der Waals surface area contributed by atoms with Crippen molar-refractivity contribution in [2.45, 2.75) is 19.9 Å². The van der Waals surface area contributed by atoms with E-state index in [0.29, 0.717) is 0 Å². The molecule has 1 aromatic heterocycles. The van der Waals surface area contributed by atoms with E-state index in [2.05, 4.69) is 9.72 Å². The molecule has 1 rings (SSSR count). The SMILES string of the molecule is CCOC(=O)c1cc(C(F)F)c(CN)nc1F. The summed E-state index contributed by atoms with van der Waals surface area (Å²) in [4.78, 5) is 14.5. The molecule has 1 heterocycles. The number of nitrogens with two attached hydrogens (primary N) is 1. The van der Waals surface area contributed by atoms with Crippen molar-refractivity contribution in [2.75, 3.05) is 6.61 Å². The van der Waals surface area contributed by atoms with Gasteiger partial charge in [-0.15, -0.1) is 0 Å². The van der Waals surface area contributed by atoms with E-state index in [1.54, 1.807) is 0 Å². The number of halogens is 3. The van der Waals surface area contributed by atoms with Gasteiger partial charge in [0.05, 0.1) is 12.3 Å². The van der Waals surface area contributed by atoms with E-state index in [-0.39, 0.29) is 18.8 Å². The topological polar surface area (TPSA) is 65.2 Å². The molecule has 94 valence electrons. The van der Waals surface area contributed by atoms with Gasteiger partial charge in [-0.25, -0.2) is 18.6 Å². The average Bonchev–Trinajstić information content (AvgIpc) is 2.28. The Labute approximate surface area is 95.6 Å². The lowest BCUT2D eigenvalue weighted by Gasteiger charge is -2.09. The van der Waals surface area contributed by atoms with Crippen molar-refractivity contribution in [3.05, 3.63) is 28.8 Å². The maximum absolute atomic E-state index is 13.3. The van der Waals surface area contributed by atoms with Gasteiger partial charge in [-0.1, -0.05) is 0 Å². The molecule has 0 atom stereocenters. The molecule has 0 aliphatic carbocycles. The maximum Gasteiger partial charge on any atom is 0.342 e. The van der Waals surface area contributed by atoms with Crippen molar-refractivity contribution in [1.29, 1.82) is 0 Å². The fourth-order valence-electron chi connectivity index (χ4n) is 1.25. The predicted octanol–water partition coefficient (Wildman–Crippen LogP) is 1.79. The van der Waals surface area contributed by atoms with E-state index < -0.39 is 29.5 Å². The molecule has 0 saturated heterocycles. The summed E-state index contributed by atoms with van der Waals surface area (Å²) < 4.78 is 43.1. The van der Waals surface area contributed by atoms with Crippen LogP contribution in [0, 0.1) is 5.95 Å². The second-order valence-electron chi connectivity index (χ2n) is 3.09. The highest BCUT2D eigenvalue weighted by Gasteiger charge is 2.22. The van der Waals surface area contributed by atoms with Crippen molar-refractivity contribution in [3.63, 3.8) is 0 Å². The molecule has 0 aliphatic rings. The number of pyridine rings is 1. The van der Waals surface area contributed by atoms with Crippen LogP contribution in [-0.4, -0.2) is 17.6 Å².